The van der Waals surface area contributed by atoms with E-state index in [2.05, 4.69) is 15.4 Å². The number of hydrazine groups is 1. The fourth-order valence-corrected chi connectivity index (χ4v) is 3.63. The van der Waals surface area contributed by atoms with Crippen molar-refractivity contribution in [1.82, 2.24) is 20.7 Å². The fourth-order valence-electron chi connectivity index (χ4n) is 3.63. The van der Waals surface area contributed by atoms with Gasteiger partial charge in [-0.1, -0.05) is 0 Å². The summed E-state index contributed by atoms with van der Waals surface area (Å²) in [4.78, 5) is 31.1. The molecule has 8 nitrogen and oxygen atoms in total. The third kappa shape index (κ3) is 5.41. The topological polar surface area (TPSA) is 116 Å². The first-order valence-electron chi connectivity index (χ1n) is 9.75. The quantitative estimate of drug-likeness (QED) is 0.538. The Hall–Kier alpha value is -2.82. The molecule has 3 rings (SSSR count). The maximum Gasteiger partial charge on any atom is 0.405 e. The van der Waals surface area contributed by atoms with Crippen molar-refractivity contribution in [2.24, 2.45) is 16.6 Å². The first-order valence-corrected chi connectivity index (χ1v) is 9.75. The summed E-state index contributed by atoms with van der Waals surface area (Å²) in [6.45, 7) is 1.12. The molecule has 2 aliphatic rings. The van der Waals surface area contributed by atoms with Crippen molar-refractivity contribution in [3.05, 3.63) is 34.7 Å². The van der Waals surface area contributed by atoms with E-state index in [9.17, 15) is 22.8 Å². The van der Waals surface area contributed by atoms with E-state index < -0.39 is 30.5 Å². The monoisotopic (exact) mass is 426 g/mol. The molecule has 1 aromatic rings. The van der Waals surface area contributed by atoms with Crippen LogP contribution >= 0.6 is 0 Å². The van der Waals surface area contributed by atoms with E-state index in [1.807, 2.05) is 23.3 Å². The number of primary amides is 1. The average molecular weight is 426 g/mol. The van der Waals surface area contributed by atoms with Crippen LogP contribution in [0.3, 0.4) is 0 Å². The minimum absolute atomic E-state index is 0.0292. The summed E-state index contributed by atoms with van der Waals surface area (Å²) in [5.74, 6) is -1.62. The Labute approximate surface area is 171 Å². The van der Waals surface area contributed by atoms with Gasteiger partial charge < -0.3 is 21.5 Å². The van der Waals surface area contributed by atoms with E-state index in [1.165, 1.54) is 6.20 Å². The molecule has 164 valence electrons. The van der Waals surface area contributed by atoms with Gasteiger partial charge in [0.1, 0.15) is 12.0 Å². The average Bonchev–Trinajstić information content (AvgIpc) is 2.97. The largest absolute Gasteiger partial charge is 0.405 e. The number of fused-ring (bicyclic) bond motifs is 1. The zero-order chi connectivity index (χ0) is 21.9. The molecule has 2 atom stereocenters. The molecule has 0 saturated carbocycles. The lowest BCUT2D eigenvalue weighted by molar-refractivity contribution is -0.141. The molecule has 0 bridgehead atoms. The summed E-state index contributed by atoms with van der Waals surface area (Å²) < 4.78 is 37.1. The Bertz CT molecular complexity index is 952. The number of nitrogens with zero attached hydrogens (tertiary/aromatic N) is 2. The third-order valence-corrected chi connectivity index (χ3v) is 5.38. The molecule has 0 unspecified atom stereocenters. The van der Waals surface area contributed by atoms with Gasteiger partial charge in [0.2, 0.25) is 11.8 Å². The van der Waals surface area contributed by atoms with Crippen LogP contribution in [-0.4, -0.2) is 47.1 Å². The number of alkyl halides is 3. The lowest BCUT2D eigenvalue weighted by Gasteiger charge is -2.29. The summed E-state index contributed by atoms with van der Waals surface area (Å²) in [6.07, 6.45) is 0.565. The Kier molecular flexibility index (Phi) is 6.49. The maximum absolute atomic E-state index is 12.4. The van der Waals surface area contributed by atoms with Crippen molar-refractivity contribution < 1.29 is 22.8 Å². The summed E-state index contributed by atoms with van der Waals surface area (Å²) in [5.41, 5.74) is 10.5. The van der Waals surface area contributed by atoms with Crippen LogP contribution in [0.2, 0.25) is 0 Å². The highest BCUT2D eigenvalue weighted by molar-refractivity contribution is 5.93. The Morgan fingerprint density at radius 1 is 1.33 bits per heavy atom. The van der Waals surface area contributed by atoms with Crippen LogP contribution in [0.25, 0.3) is 5.70 Å². The normalized spacial score (nSPS) is 22.8. The van der Waals surface area contributed by atoms with Gasteiger partial charge in [-0.2, -0.15) is 13.2 Å². The molecule has 1 fully saturated rings. The number of nitrogens with one attached hydrogen (secondary N) is 3. The van der Waals surface area contributed by atoms with Crippen LogP contribution in [0.15, 0.2) is 29.0 Å². The second-order valence-corrected chi connectivity index (χ2v) is 7.59. The number of aromatic amines is 1. The van der Waals surface area contributed by atoms with Gasteiger partial charge in [-0.05, 0) is 32.3 Å². The van der Waals surface area contributed by atoms with Crippen molar-refractivity contribution >= 4 is 17.5 Å². The summed E-state index contributed by atoms with van der Waals surface area (Å²) >= 11 is 0. The van der Waals surface area contributed by atoms with Gasteiger partial charge >= 0.3 is 6.18 Å². The first-order chi connectivity index (χ1) is 14.1. The standard InChI is InChI=1S/C19H25F3N6O2/c1-11-2-3-12(18(30)26-10-19(20,21)22)5-7-28(11)27-15-8-13(16(23)29)9-25-17-14(15)4-6-24-17/h4,6,9,11-12,27H,2-3,5,7-8,10H2,1H3,(H2,23,29)(H,24,25)(H,26,30)/t11-,12-/m1/s1. The SMILES string of the molecule is C[C@@H]1CC[C@@H](C(=O)NCC(F)(F)F)CCN1NC1=c2cc[nH]c2=NC=C(C(N)=O)C1. The molecule has 3 heterocycles. The van der Waals surface area contributed by atoms with Crippen molar-refractivity contribution in [1.29, 1.82) is 0 Å². The number of carbonyl (C=O) groups excluding carboxylic acids is 2. The van der Waals surface area contributed by atoms with E-state index in [-0.39, 0.29) is 12.5 Å². The Morgan fingerprint density at radius 3 is 2.80 bits per heavy atom. The highest BCUT2D eigenvalue weighted by atomic mass is 19.4. The number of hydrogen-bond acceptors (Lipinski definition) is 5. The molecular weight excluding hydrogens is 401 g/mol. The molecule has 1 aromatic heterocycles. The number of rotatable bonds is 5. The van der Waals surface area contributed by atoms with Crippen LogP contribution in [0.5, 0.6) is 0 Å². The van der Waals surface area contributed by atoms with Crippen molar-refractivity contribution in [3.8, 4) is 0 Å². The molecule has 0 spiro atoms. The van der Waals surface area contributed by atoms with E-state index in [0.29, 0.717) is 36.9 Å². The summed E-state index contributed by atoms with van der Waals surface area (Å²) in [6, 6.07) is 1.87. The Balaban J connectivity index is 1.72. The van der Waals surface area contributed by atoms with Crippen LogP contribution in [-0.2, 0) is 9.59 Å². The summed E-state index contributed by atoms with van der Waals surface area (Å²) in [5, 5.41) is 4.74. The third-order valence-electron chi connectivity index (χ3n) is 5.38. The van der Waals surface area contributed by atoms with Crippen LogP contribution in [0.4, 0.5) is 13.2 Å². The van der Waals surface area contributed by atoms with Gasteiger partial charge in [-0.15, -0.1) is 0 Å². The highest BCUT2D eigenvalue weighted by Crippen LogP contribution is 2.23. The van der Waals surface area contributed by atoms with Gasteiger partial charge in [0.05, 0.1) is 0 Å². The highest BCUT2D eigenvalue weighted by Gasteiger charge is 2.31. The lowest BCUT2D eigenvalue weighted by Crippen LogP contribution is -2.46. The molecule has 0 radical (unpaired) electrons. The number of nitrogens with two attached hydrogens (primary N) is 1. The zero-order valence-electron chi connectivity index (χ0n) is 16.6. The Morgan fingerprint density at radius 2 is 2.10 bits per heavy atom. The van der Waals surface area contributed by atoms with Gasteiger partial charge in [-0.25, -0.2) is 10.0 Å². The van der Waals surface area contributed by atoms with E-state index in [1.54, 1.807) is 6.20 Å². The first kappa shape index (κ1) is 21.9. The molecule has 0 aliphatic carbocycles. The minimum atomic E-state index is -4.43. The number of halogens is 3. The number of H-pyrrole nitrogens is 1. The smallest absolute Gasteiger partial charge is 0.366 e. The predicted molar refractivity (Wildman–Crippen MR) is 103 cm³/mol. The van der Waals surface area contributed by atoms with Crippen LogP contribution < -0.4 is 27.2 Å². The number of amides is 2. The molecule has 11 heteroatoms. The predicted octanol–water partition coefficient (Wildman–Crippen LogP) is 0.189. The number of carbonyl (C=O) groups is 2. The molecule has 5 N–H and O–H groups in total. The second kappa shape index (κ2) is 8.90. The van der Waals surface area contributed by atoms with Crippen molar-refractivity contribution in [2.45, 2.75) is 44.8 Å². The van der Waals surface area contributed by atoms with Gasteiger partial charge in [0.15, 0.2) is 0 Å². The van der Waals surface area contributed by atoms with Crippen molar-refractivity contribution in [3.63, 3.8) is 0 Å². The van der Waals surface area contributed by atoms with Crippen molar-refractivity contribution in [2.75, 3.05) is 13.1 Å². The van der Waals surface area contributed by atoms with Gasteiger partial charge in [0.25, 0.3) is 0 Å². The van der Waals surface area contributed by atoms with Gasteiger partial charge in [-0.3, -0.25) is 9.59 Å². The number of aromatic nitrogens is 1. The lowest BCUT2D eigenvalue weighted by atomic mass is 9.98. The van der Waals surface area contributed by atoms with E-state index >= 15 is 0 Å². The maximum atomic E-state index is 12.4. The summed E-state index contributed by atoms with van der Waals surface area (Å²) in [7, 11) is 0. The molecular formula is C19H25F3N6O2. The molecule has 2 amide bonds. The van der Waals surface area contributed by atoms with Crippen LogP contribution in [0, 0.1) is 5.92 Å². The van der Waals surface area contributed by atoms with Crippen LogP contribution in [0.1, 0.15) is 32.6 Å². The van der Waals surface area contributed by atoms with Gasteiger partial charge in [0, 0.05) is 53.8 Å². The van der Waals surface area contributed by atoms with E-state index in [0.717, 1.165) is 10.9 Å². The zero-order valence-corrected chi connectivity index (χ0v) is 16.6. The molecule has 30 heavy (non-hydrogen) atoms. The molecule has 0 aromatic carbocycles. The minimum Gasteiger partial charge on any atom is -0.366 e. The molecule has 1 saturated heterocycles. The second-order valence-electron chi connectivity index (χ2n) is 7.59. The fraction of sp³-hybridized carbons (Fsp3) is 0.526. The molecule has 2 aliphatic heterocycles. The van der Waals surface area contributed by atoms with E-state index in [4.69, 9.17) is 5.73 Å². The number of hydrogen-bond donors (Lipinski definition) is 4.